The van der Waals surface area contributed by atoms with Crippen LogP contribution in [0.3, 0.4) is 0 Å². The summed E-state index contributed by atoms with van der Waals surface area (Å²) in [6.45, 7) is 2.93. The lowest BCUT2D eigenvalue weighted by molar-refractivity contribution is 0.0910. The summed E-state index contributed by atoms with van der Waals surface area (Å²) in [6, 6.07) is 15.8. The maximum Gasteiger partial charge on any atom is 0.253 e. The first-order valence-corrected chi connectivity index (χ1v) is 8.66. The molecule has 3 rings (SSSR count). The van der Waals surface area contributed by atoms with E-state index in [1.807, 2.05) is 6.07 Å². The molecule has 1 aliphatic rings. The zero-order valence-electron chi connectivity index (χ0n) is 14.6. The lowest BCUT2D eigenvalue weighted by Gasteiger charge is -2.32. The van der Waals surface area contributed by atoms with E-state index in [1.165, 1.54) is 5.56 Å². The van der Waals surface area contributed by atoms with E-state index >= 15 is 0 Å². The number of hydrogen-bond donors (Lipinski definition) is 2. The average molecular weight is 339 g/mol. The molecule has 2 aromatic rings. The van der Waals surface area contributed by atoms with Gasteiger partial charge >= 0.3 is 0 Å². The molecule has 1 fully saturated rings. The number of hydrogen-bond acceptors (Lipinski definition) is 4. The highest BCUT2D eigenvalue weighted by Crippen LogP contribution is 2.20. The Morgan fingerprint density at radius 1 is 1.20 bits per heavy atom. The quantitative estimate of drug-likeness (QED) is 0.822. The molecule has 0 aliphatic carbocycles. The Kier molecular flexibility index (Phi) is 5.56. The van der Waals surface area contributed by atoms with Gasteiger partial charge in [-0.2, -0.15) is 0 Å². The number of benzene rings is 2. The van der Waals surface area contributed by atoms with Crippen LogP contribution in [-0.2, 0) is 6.54 Å². The van der Waals surface area contributed by atoms with Gasteiger partial charge in [0.1, 0.15) is 5.75 Å². The number of nitrogens with zero attached hydrogens (tertiary/aromatic N) is 1. The highest BCUT2D eigenvalue weighted by atomic mass is 16.5. The van der Waals surface area contributed by atoms with Gasteiger partial charge in [-0.3, -0.25) is 9.69 Å². The van der Waals surface area contributed by atoms with Gasteiger partial charge in [-0.15, -0.1) is 0 Å². The minimum Gasteiger partial charge on any atom is -0.497 e. The normalized spacial score (nSPS) is 15.7. The van der Waals surface area contributed by atoms with Crippen LogP contribution in [0.1, 0.15) is 28.8 Å². The van der Waals surface area contributed by atoms with Crippen LogP contribution >= 0.6 is 0 Å². The van der Waals surface area contributed by atoms with Crippen LogP contribution in [-0.4, -0.2) is 37.0 Å². The molecule has 0 spiro atoms. The predicted octanol–water partition coefficient (Wildman–Crippen LogP) is 2.67. The molecule has 25 heavy (non-hydrogen) atoms. The van der Waals surface area contributed by atoms with Crippen molar-refractivity contribution in [3.05, 3.63) is 59.7 Å². The molecule has 2 aromatic carbocycles. The van der Waals surface area contributed by atoms with Crippen LogP contribution in [0.5, 0.6) is 5.75 Å². The Balaban J connectivity index is 1.51. The summed E-state index contributed by atoms with van der Waals surface area (Å²) in [5.74, 6) is 0.546. The van der Waals surface area contributed by atoms with Gasteiger partial charge in [-0.25, -0.2) is 0 Å². The number of nitrogens with two attached hydrogens (primary N) is 1. The minimum atomic E-state index is -0.110. The third kappa shape index (κ3) is 4.51. The molecule has 1 aliphatic heterocycles. The van der Waals surface area contributed by atoms with E-state index in [2.05, 4.69) is 34.5 Å². The molecule has 1 amide bonds. The number of nitrogen functional groups attached to an aromatic ring is 1. The third-order valence-corrected chi connectivity index (χ3v) is 4.68. The van der Waals surface area contributed by atoms with Gasteiger partial charge in [-0.1, -0.05) is 30.3 Å². The van der Waals surface area contributed by atoms with Crippen LogP contribution in [0.4, 0.5) is 5.69 Å². The number of ether oxygens (including phenoxy) is 1. The largest absolute Gasteiger partial charge is 0.497 e. The average Bonchev–Trinajstić information content (AvgIpc) is 2.64. The van der Waals surface area contributed by atoms with Crippen molar-refractivity contribution in [3.8, 4) is 5.75 Å². The number of carbonyl (C=O) groups excluding carboxylic acids is 1. The summed E-state index contributed by atoms with van der Waals surface area (Å²) in [5, 5.41) is 3.11. The summed E-state index contributed by atoms with van der Waals surface area (Å²) in [5.41, 5.74) is 8.24. The van der Waals surface area contributed by atoms with Crippen molar-refractivity contribution in [1.29, 1.82) is 0 Å². The molecule has 5 nitrogen and oxygen atoms in total. The van der Waals surface area contributed by atoms with E-state index in [4.69, 9.17) is 10.5 Å². The molecule has 0 aromatic heterocycles. The van der Waals surface area contributed by atoms with E-state index in [9.17, 15) is 4.79 Å². The Bertz CT molecular complexity index is 710. The Morgan fingerprint density at radius 3 is 2.56 bits per heavy atom. The molecule has 1 heterocycles. The van der Waals surface area contributed by atoms with Crippen LogP contribution in [0.25, 0.3) is 0 Å². The van der Waals surface area contributed by atoms with Crippen molar-refractivity contribution < 1.29 is 9.53 Å². The minimum absolute atomic E-state index is 0.110. The molecule has 0 bridgehead atoms. The summed E-state index contributed by atoms with van der Waals surface area (Å²) in [6.07, 6.45) is 1.91. The van der Waals surface area contributed by atoms with E-state index < -0.39 is 0 Å². The summed E-state index contributed by atoms with van der Waals surface area (Å²) in [4.78, 5) is 14.9. The highest BCUT2D eigenvalue weighted by Gasteiger charge is 2.22. The number of rotatable bonds is 5. The van der Waals surface area contributed by atoms with Crippen molar-refractivity contribution in [2.24, 2.45) is 0 Å². The molecular formula is C20H25N3O2. The molecule has 0 radical (unpaired) electrons. The number of anilines is 1. The van der Waals surface area contributed by atoms with Gasteiger partial charge < -0.3 is 15.8 Å². The van der Waals surface area contributed by atoms with Crippen LogP contribution in [0.2, 0.25) is 0 Å². The summed E-state index contributed by atoms with van der Waals surface area (Å²) < 4.78 is 5.12. The van der Waals surface area contributed by atoms with Crippen molar-refractivity contribution in [1.82, 2.24) is 10.2 Å². The Labute approximate surface area is 148 Å². The fourth-order valence-corrected chi connectivity index (χ4v) is 3.21. The molecule has 0 unspecified atom stereocenters. The van der Waals surface area contributed by atoms with Gasteiger partial charge in [0.25, 0.3) is 5.91 Å². The molecule has 132 valence electrons. The zero-order chi connectivity index (χ0) is 17.6. The van der Waals surface area contributed by atoms with Gasteiger partial charge in [0.05, 0.1) is 12.7 Å². The maximum absolute atomic E-state index is 12.5. The molecule has 0 atom stereocenters. The number of amides is 1. The first-order valence-electron chi connectivity index (χ1n) is 8.66. The molecular weight excluding hydrogens is 314 g/mol. The van der Waals surface area contributed by atoms with Crippen molar-refractivity contribution in [2.75, 3.05) is 25.9 Å². The lowest BCUT2D eigenvalue weighted by Crippen LogP contribution is -2.44. The van der Waals surface area contributed by atoms with Crippen LogP contribution < -0.4 is 15.8 Å². The molecule has 3 N–H and O–H groups in total. The van der Waals surface area contributed by atoms with E-state index in [-0.39, 0.29) is 11.9 Å². The number of nitrogens with one attached hydrogen (secondary N) is 1. The van der Waals surface area contributed by atoms with Crippen LogP contribution in [0.15, 0.2) is 48.5 Å². The smallest absolute Gasteiger partial charge is 0.253 e. The fraction of sp³-hybridized carbons (Fsp3) is 0.350. The number of methoxy groups -OCH3 is 1. The predicted molar refractivity (Wildman–Crippen MR) is 99.6 cm³/mol. The Hall–Kier alpha value is -2.53. The van der Waals surface area contributed by atoms with Crippen molar-refractivity contribution in [2.45, 2.75) is 25.4 Å². The van der Waals surface area contributed by atoms with Crippen LogP contribution in [0, 0.1) is 0 Å². The number of carbonyl (C=O) groups is 1. The SMILES string of the molecule is COc1ccc(C(=O)NC2CCN(Cc3ccccc3)CC2)c(N)c1. The first kappa shape index (κ1) is 17.3. The van der Waals surface area contributed by atoms with E-state index in [0.29, 0.717) is 17.0 Å². The first-order chi connectivity index (χ1) is 12.2. The topological polar surface area (TPSA) is 67.6 Å². The number of piperidine rings is 1. The molecule has 0 saturated carbocycles. The monoisotopic (exact) mass is 339 g/mol. The fourth-order valence-electron chi connectivity index (χ4n) is 3.21. The molecule has 5 heteroatoms. The van der Waals surface area contributed by atoms with Crippen molar-refractivity contribution in [3.63, 3.8) is 0 Å². The summed E-state index contributed by atoms with van der Waals surface area (Å²) >= 11 is 0. The van der Waals surface area contributed by atoms with Gasteiger partial charge in [-0.05, 0) is 30.5 Å². The Morgan fingerprint density at radius 2 is 1.92 bits per heavy atom. The van der Waals surface area contributed by atoms with Gasteiger partial charge in [0.15, 0.2) is 0 Å². The zero-order valence-corrected chi connectivity index (χ0v) is 14.6. The third-order valence-electron chi connectivity index (χ3n) is 4.68. The lowest BCUT2D eigenvalue weighted by atomic mass is 10.0. The van der Waals surface area contributed by atoms with E-state index in [0.717, 1.165) is 32.5 Å². The summed E-state index contributed by atoms with van der Waals surface area (Å²) in [7, 11) is 1.58. The highest BCUT2D eigenvalue weighted by molar-refractivity contribution is 5.99. The number of likely N-dealkylation sites (tertiary alicyclic amines) is 1. The van der Waals surface area contributed by atoms with Crippen molar-refractivity contribution >= 4 is 11.6 Å². The van der Waals surface area contributed by atoms with Gasteiger partial charge in [0, 0.05) is 37.4 Å². The van der Waals surface area contributed by atoms with E-state index in [1.54, 1.807) is 25.3 Å². The second-order valence-electron chi connectivity index (χ2n) is 6.46. The second-order valence-corrected chi connectivity index (χ2v) is 6.46. The van der Waals surface area contributed by atoms with Gasteiger partial charge in [0.2, 0.25) is 0 Å². The molecule has 1 saturated heterocycles. The maximum atomic E-state index is 12.5. The standard InChI is InChI=1S/C20H25N3O2/c1-25-17-7-8-18(19(21)13-17)20(24)22-16-9-11-23(12-10-16)14-15-5-3-2-4-6-15/h2-8,13,16H,9-12,14,21H2,1H3,(H,22,24). The second kappa shape index (κ2) is 8.03.